The summed E-state index contributed by atoms with van der Waals surface area (Å²) in [6.07, 6.45) is 0.365. The second kappa shape index (κ2) is 6.51. The summed E-state index contributed by atoms with van der Waals surface area (Å²) in [5.41, 5.74) is 0.714. The van der Waals surface area contributed by atoms with Crippen molar-refractivity contribution >= 4 is 16.3 Å². The van der Waals surface area contributed by atoms with Gasteiger partial charge in [-0.05, 0) is 50.2 Å². The van der Waals surface area contributed by atoms with Crippen LogP contribution in [0.5, 0.6) is 0 Å². The van der Waals surface area contributed by atoms with E-state index < -0.39 is 10.0 Å². The van der Waals surface area contributed by atoms with Gasteiger partial charge in [-0.2, -0.15) is 4.31 Å². The topological polar surface area (TPSA) is 76.8 Å². The van der Waals surface area contributed by atoms with Crippen LogP contribution < -0.4 is 0 Å². The van der Waals surface area contributed by atoms with Gasteiger partial charge in [0.25, 0.3) is 0 Å². The molecule has 1 aliphatic heterocycles. The molecule has 0 saturated carbocycles. The number of hydrogen-bond acceptors (Lipinski definition) is 5. The Hall–Kier alpha value is -1.96. The van der Waals surface area contributed by atoms with Gasteiger partial charge in [0.15, 0.2) is 12.0 Å². The molecule has 0 aliphatic carbocycles. The molecule has 2 unspecified atom stereocenters. The molecule has 1 aromatic heterocycles. The molecular formula is C17H19NO5S. The SMILES string of the molecule is CC1CN(S(=O)(=O)c2ccc(-c3ccc(C=O)o3)cc2)CC(C)O1. The zero-order chi connectivity index (χ0) is 17.3. The molecule has 1 saturated heterocycles. The number of sulfonamides is 1. The van der Waals surface area contributed by atoms with E-state index in [9.17, 15) is 13.2 Å². The maximum Gasteiger partial charge on any atom is 0.243 e. The first-order valence-electron chi connectivity index (χ1n) is 7.71. The minimum atomic E-state index is -3.56. The van der Waals surface area contributed by atoms with Crippen LogP contribution in [0.3, 0.4) is 0 Å². The molecule has 2 heterocycles. The molecule has 1 aliphatic rings. The first kappa shape index (κ1) is 16.9. The summed E-state index contributed by atoms with van der Waals surface area (Å²) in [4.78, 5) is 10.9. The second-order valence-corrected chi connectivity index (χ2v) is 7.86. The highest BCUT2D eigenvalue weighted by Gasteiger charge is 2.32. The molecule has 1 aromatic carbocycles. The molecule has 0 amide bonds. The van der Waals surface area contributed by atoms with Gasteiger partial charge >= 0.3 is 0 Å². The van der Waals surface area contributed by atoms with E-state index >= 15 is 0 Å². The smallest absolute Gasteiger partial charge is 0.243 e. The van der Waals surface area contributed by atoms with Gasteiger partial charge in [-0.3, -0.25) is 4.79 Å². The van der Waals surface area contributed by atoms with Crippen molar-refractivity contribution in [1.29, 1.82) is 0 Å². The number of morpholine rings is 1. The fraction of sp³-hybridized carbons (Fsp3) is 0.353. The average molecular weight is 349 g/mol. The van der Waals surface area contributed by atoms with Crippen molar-refractivity contribution in [3.63, 3.8) is 0 Å². The summed E-state index contributed by atoms with van der Waals surface area (Å²) < 4.78 is 37.9. The molecule has 1 fully saturated rings. The number of carbonyl (C=O) groups excluding carboxylic acids is 1. The third kappa shape index (κ3) is 3.28. The van der Waals surface area contributed by atoms with E-state index in [-0.39, 0.29) is 22.9 Å². The van der Waals surface area contributed by atoms with E-state index in [1.54, 1.807) is 36.4 Å². The molecule has 128 valence electrons. The highest BCUT2D eigenvalue weighted by Crippen LogP contribution is 2.26. The van der Waals surface area contributed by atoms with E-state index in [1.165, 1.54) is 4.31 Å². The van der Waals surface area contributed by atoms with Gasteiger partial charge in [0.1, 0.15) is 5.76 Å². The Bertz CT molecular complexity index is 815. The Kier molecular flexibility index (Phi) is 4.58. The summed E-state index contributed by atoms with van der Waals surface area (Å²) in [6, 6.07) is 9.71. The predicted octanol–water partition coefficient (Wildman–Crippen LogP) is 2.56. The molecule has 0 N–H and O–H groups in total. The van der Waals surface area contributed by atoms with Crippen LogP contribution in [0.25, 0.3) is 11.3 Å². The molecule has 0 radical (unpaired) electrons. The van der Waals surface area contributed by atoms with Crippen LogP contribution in [0.4, 0.5) is 0 Å². The minimum Gasteiger partial charge on any atom is -0.453 e. The third-order valence-corrected chi connectivity index (χ3v) is 5.75. The molecule has 2 aromatic rings. The quantitative estimate of drug-likeness (QED) is 0.793. The van der Waals surface area contributed by atoms with Gasteiger partial charge in [0, 0.05) is 18.7 Å². The zero-order valence-electron chi connectivity index (χ0n) is 13.5. The minimum absolute atomic E-state index is 0.132. The van der Waals surface area contributed by atoms with E-state index in [1.807, 2.05) is 13.8 Å². The van der Waals surface area contributed by atoms with E-state index in [2.05, 4.69) is 0 Å². The van der Waals surface area contributed by atoms with Crippen LogP contribution in [0.15, 0.2) is 45.7 Å². The zero-order valence-corrected chi connectivity index (χ0v) is 14.3. The Morgan fingerprint density at radius 3 is 2.21 bits per heavy atom. The van der Waals surface area contributed by atoms with Gasteiger partial charge < -0.3 is 9.15 Å². The molecule has 0 bridgehead atoms. The van der Waals surface area contributed by atoms with E-state index in [0.717, 1.165) is 0 Å². The lowest BCUT2D eigenvalue weighted by molar-refractivity contribution is -0.0440. The molecule has 6 nitrogen and oxygen atoms in total. The van der Waals surface area contributed by atoms with Crippen LogP contribution in [0, 0.1) is 0 Å². The van der Waals surface area contributed by atoms with Crippen LogP contribution >= 0.6 is 0 Å². The molecule has 24 heavy (non-hydrogen) atoms. The first-order chi connectivity index (χ1) is 11.4. The fourth-order valence-electron chi connectivity index (χ4n) is 2.84. The predicted molar refractivity (Wildman–Crippen MR) is 88.3 cm³/mol. The van der Waals surface area contributed by atoms with Crippen molar-refractivity contribution in [3.8, 4) is 11.3 Å². The summed E-state index contributed by atoms with van der Waals surface area (Å²) in [5, 5.41) is 0. The number of carbonyl (C=O) groups is 1. The third-order valence-electron chi connectivity index (χ3n) is 3.91. The summed E-state index contributed by atoms with van der Waals surface area (Å²) in [5.74, 6) is 0.757. The lowest BCUT2D eigenvalue weighted by atomic mass is 10.2. The van der Waals surface area contributed by atoms with Gasteiger partial charge in [-0.15, -0.1) is 0 Å². The molecule has 0 spiro atoms. The number of furan rings is 1. The molecule has 7 heteroatoms. The molecular weight excluding hydrogens is 330 g/mol. The van der Waals surface area contributed by atoms with Gasteiger partial charge in [-0.25, -0.2) is 8.42 Å². The number of hydrogen-bond donors (Lipinski definition) is 0. The molecule has 2 atom stereocenters. The van der Waals surface area contributed by atoms with Crippen LogP contribution in [-0.4, -0.2) is 44.3 Å². The average Bonchev–Trinajstić information content (AvgIpc) is 3.03. The second-order valence-electron chi connectivity index (χ2n) is 5.92. The standard InChI is InChI=1S/C17H19NO5S/c1-12-9-18(10-13(2)22-12)24(20,21)16-6-3-14(4-7-16)17-8-5-15(11-19)23-17/h3-8,11-13H,9-10H2,1-2H3. The molecule has 3 rings (SSSR count). The van der Waals surface area contributed by atoms with Crippen molar-refractivity contribution in [3.05, 3.63) is 42.2 Å². The van der Waals surface area contributed by atoms with Crippen molar-refractivity contribution in [1.82, 2.24) is 4.31 Å². The summed E-state index contributed by atoms with van der Waals surface area (Å²) in [6.45, 7) is 4.41. The number of ether oxygens (including phenoxy) is 1. The Morgan fingerprint density at radius 2 is 1.67 bits per heavy atom. The number of benzene rings is 1. The highest BCUT2D eigenvalue weighted by atomic mass is 32.2. The Labute approximate surface area is 141 Å². The van der Waals surface area contributed by atoms with Gasteiger partial charge in [0.2, 0.25) is 10.0 Å². The van der Waals surface area contributed by atoms with Crippen LogP contribution in [0.2, 0.25) is 0 Å². The maximum atomic E-state index is 12.8. The summed E-state index contributed by atoms with van der Waals surface area (Å²) in [7, 11) is -3.56. The van der Waals surface area contributed by atoms with Gasteiger partial charge in [0.05, 0.1) is 17.1 Å². The van der Waals surface area contributed by atoms with Crippen LogP contribution in [-0.2, 0) is 14.8 Å². The van der Waals surface area contributed by atoms with Crippen molar-refractivity contribution in [2.45, 2.75) is 31.0 Å². The first-order valence-corrected chi connectivity index (χ1v) is 9.15. The Balaban J connectivity index is 1.85. The fourth-order valence-corrected chi connectivity index (χ4v) is 4.43. The summed E-state index contributed by atoms with van der Waals surface area (Å²) >= 11 is 0. The van der Waals surface area contributed by atoms with E-state index in [0.29, 0.717) is 30.7 Å². The number of nitrogens with zero attached hydrogens (tertiary/aromatic N) is 1. The highest BCUT2D eigenvalue weighted by molar-refractivity contribution is 7.89. The largest absolute Gasteiger partial charge is 0.453 e. The van der Waals surface area contributed by atoms with Crippen molar-refractivity contribution < 1.29 is 22.4 Å². The number of rotatable bonds is 4. The lowest BCUT2D eigenvalue weighted by Gasteiger charge is -2.34. The van der Waals surface area contributed by atoms with Gasteiger partial charge in [-0.1, -0.05) is 0 Å². The van der Waals surface area contributed by atoms with Crippen LogP contribution in [0.1, 0.15) is 24.4 Å². The normalized spacial score (nSPS) is 22.4. The van der Waals surface area contributed by atoms with Crippen molar-refractivity contribution in [2.24, 2.45) is 0 Å². The van der Waals surface area contributed by atoms with Crippen molar-refractivity contribution in [2.75, 3.05) is 13.1 Å². The Morgan fingerprint density at radius 1 is 1.04 bits per heavy atom. The maximum absolute atomic E-state index is 12.8. The lowest BCUT2D eigenvalue weighted by Crippen LogP contribution is -2.48. The number of aldehydes is 1. The monoisotopic (exact) mass is 349 g/mol. The van der Waals surface area contributed by atoms with E-state index in [4.69, 9.17) is 9.15 Å².